The summed E-state index contributed by atoms with van der Waals surface area (Å²) in [4.78, 5) is 88.5. The molecule has 17 aromatic heterocycles. The van der Waals surface area contributed by atoms with E-state index in [-0.39, 0.29) is 47.5 Å². The lowest BCUT2D eigenvalue weighted by atomic mass is 9.58. The molecule has 0 amide bonds. The number of H-pyrrole nitrogens is 4. The van der Waals surface area contributed by atoms with Gasteiger partial charge in [-0.2, -0.15) is 20.4 Å². The van der Waals surface area contributed by atoms with E-state index in [0.717, 1.165) is 109 Å². The maximum absolute atomic E-state index is 15.9. The number of carboxylic acids is 2. The summed E-state index contributed by atoms with van der Waals surface area (Å²) in [6.07, 6.45) is 26.1. The number of fused-ring (bicyclic) bond motifs is 10. The van der Waals surface area contributed by atoms with Crippen LogP contribution in [-0.2, 0) is 40.3 Å². The normalized spacial score (nSPS) is 18.3. The highest BCUT2D eigenvalue weighted by Crippen LogP contribution is 2.52. The Bertz CT molecular complexity index is 7390. The Kier molecular flexibility index (Phi) is 26.9. The van der Waals surface area contributed by atoms with Crippen molar-refractivity contribution in [3.63, 3.8) is 0 Å². The highest BCUT2D eigenvalue weighted by Gasteiger charge is 2.44. The Morgan fingerprint density at radius 2 is 0.869 bits per heavy atom. The van der Waals surface area contributed by atoms with Gasteiger partial charge in [-0.15, -0.1) is 34.0 Å². The molecule has 6 unspecified atom stereocenters. The van der Waals surface area contributed by atoms with E-state index in [1.54, 1.807) is 67.3 Å². The van der Waals surface area contributed by atoms with Gasteiger partial charge in [0, 0.05) is 113 Å². The molecule has 6 saturated carbocycles. The van der Waals surface area contributed by atoms with Gasteiger partial charge >= 0.3 is 11.9 Å². The number of aromatic nitrogens is 23. The van der Waals surface area contributed by atoms with E-state index < -0.39 is 46.5 Å². The molecule has 698 valence electrons. The topological polar surface area (TPSA) is 399 Å². The van der Waals surface area contributed by atoms with Gasteiger partial charge in [0.1, 0.15) is 39.2 Å². The smallest absolute Gasteiger partial charge is 0.305 e. The predicted molar refractivity (Wildman–Crippen MR) is 531 cm³/mol. The second kappa shape index (κ2) is 39.6. The SMILES string of the molecule is CC(C)(c1ccccn1)C(CC(=O)O)Nc1nc(-c2[nH]nc3ncc(Cl)cc23)nc(-c2cccs2)c1F.CC(C)(c1nccs1)C(CC(=O)O)Nc1nc(-c2[nH]nc3ncc(Cl)cc23)nc(-c2cccs2)c1F.CC1C2CCC(CC2)C1Cc1cc(-c2ccccc2)nc(-c2[nH]nc3ncc(Cl)cc23)n1.CC1C2CCC(CC2)C1Cc1cc(-c2ccn(C)c2)nc(-c2[nH]nc3ncc(Cl)cc23)n1. The number of carboxylic acid groups (broad SMARTS) is 2. The van der Waals surface area contributed by atoms with Crippen LogP contribution in [0.4, 0.5) is 20.4 Å². The van der Waals surface area contributed by atoms with E-state index in [4.69, 9.17) is 66.3 Å². The molecular weight excluding hydrogens is 1880 g/mol. The standard InChI is InChI=1S/C26H26ClN5.C25H21ClFN7O2S.C25H27ClN6.C23H19ClFN7O2S2/c1-15-16-7-9-17(10-8-16)21(15)12-20-13-23(18-5-3-2-4-6-18)30-26(29-20)24-22-11-19(27)14-28-25(22)32-31-24;1-25(2,16-7-3-4-8-28-16)17(11-18(35)36)30-23-19(27)21(15-6-5-9-37-15)31-24(32-23)20-14-10-13(26)12-29-22(14)34-33-20;1-14-15-3-5-16(6-4-15)20(14)10-19-11-22(17-7-8-32(2)13-17)29-25(28-19)23-21-9-18(26)12-27-24(21)31-30-23;1-23(2,22-26-5-7-36-22)14(9-15(33)34)28-20-16(25)18(13-4-3-6-35-13)29-21(30-20)17-12-8-11(24)10-27-19(12)32-31-17/h2-6,11,13-17,21H,7-10,12H2,1H3,(H,28,31,32);3-10,12,17H,11H2,1-2H3,(H,35,36)(H,29,33,34)(H,30,31,32);7-9,11-16,20H,3-6,10H2,1-2H3,(H,27,30,31);3-8,10,14H,9H2,1-2H3,(H,33,34)(H,27,31,32)(H,28,29,30). The number of aliphatic carboxylic acids is 2. The fourth-order valence-electron chi connectivity index (χ4n) is 19.8. The zero-order valence-corrected chi connectivity index (χ0v) is 80.8. The number of nitrogens with one attached hydrogen (secondary N) is 6. The van der Waals surface area contributed by atoms with Crippen molar-refractivity contribution < 1.29 is 28.6 Å². The van der Waals surface area contributed by atoms with Crippen molar-refractivity contribution in [2.45, 2.75) is 142 Å². The molecule has 1 aromatic carbocycles. The van der Waals surface area contributed by atoms with E-state index in [9.17, 15) is 19.8 Å². The minimum Gasteiger partial charge on any atom is -0.481 e. The molecule has 29 nitrogen and oxygen atoms in total. The molecule has 137 heavy (non-hydrogen) atoms. The maximum atomic E-state index is 15.9. The van der Waals surface area contributed by atoms with Gasteiger partial charge in [-0.3, -0.25) is 35.0 Å². The Morgan fingerprint density at radius 3 is 1.24 bits per heavy atom. The van der Waals surface area contributed by atoms with Crippen LogP contribution in [0.2, 0.25) is 20.1 Å². The highest BCUT2D eigenvalue weighted by atomic mass is 35.5. The van der Waals surface area contributed by atoms with Gasteiger partial charge in [0.25, 0.3) is 0 Å². The van der Waals surface area contributed by atoms with Gasteiger partial charge < -0.3 is 25.4 Å². The number of pyridine rings is 5. The van der Waals surface area contributed by atoms with E-state index in [0.29, 0.717) is 104 Å². The van der Waals surface area contributed by atoms with E-state index in [2.05, 4.69) is 152 Å². The summed E-state index contributed by atoms with van der Waals surface area (Å²) in [5, 5.41) is 65.4. The number of carbonyl (C=O) groups is 2. The molecule has 17 heterocycles. The molecule has 4 bridgehead atoms. The zero-order chi connectivity index (χ0) is 95.1. The molecule has 24 rings (SSSR count). The van der Waals surface area contributed by atoms with Crippen molar-refractivity contribution in [2.75, 3.05) is 10.6 Å². The number of hydrogen-bond acceptors (Lipinski definition) is 25. The van der Waals surface area contributed by atoms with Gasteiger partial charge in [0.05, 0.1) is 75.6 Å². The number of aryl methyl sites for hydroxylation is 1. The van der Waals surface area contributed by atoms with Gasteiger partial charge in [-0.05, 0) is 189 Å². The Balaban J connectivity index is 0.000000117. The van der Waals surface area contributed by atoms with E-state index in [1.165, 1.54) is 97.8 Å². The number of benzene rings is 1. The second-order valence-corrected chi connectivity index (χ2v) is 41.1. The number of hydrogen-bond donors (Lipinski definition) is 8. The van der Waals surface area contributed by atoms with Crippen LogP contribution in [0.3, 0.4) is 0 Å². The maximum Gasteiger partial charge on any atom is 0.305 e. The average Bonchev–Trinajstić information content (AvgIpc) is 1.35. The predicted octanol–water partition coefficient (Wildman–Crippen LogP) is 23.2. The monoisotopic (exact) mass is 1970 g/mol. The van der Waals surface area contributed by atoms with Gasteiger partial charge in [-0.25, -0.2) is 73.6 Å². The van der Waals surface area contributed by atoms with Crippen molar-refractivity contribution >= 4 is 148 Å². The number of anilines is 2. The Morgan fingerprint density at radius 1 is 0.460 bits per heavy atom. The number of nitrogens with zero attached hydrogens (tertiary/aromatic N) is 19. The number of thiazole rings is 1. The van der Waals surface area contributed by atoms with Crippen LogP contribution >= 0.6 is 80.4 Å². The minimum atomic E-state index is -1.05. The molecule has 0 aliphatic heterocycles. The second-order valence-electron chi connectivity index (χ2n) is 36.5. The lowest BCUT2D eigenvalue weighted by molar-refractivity contribution is -0.138. The van der Waals surface area contributed by atoms with Crippen LogP contribution in [-0.4, -0.2) is 149 Å². The fraction of sp³-hybridized carbons (Fsp3) is 0.313. The lowest BCUT2D eigenvalue weighted by Crippen LogP contribution is -2.42. The van der Waals surface area contributed by atoms with Crippen LogP contribution in [0, 0.1) is 59.0 Å². The van der Waals surface area contributed by atoms with Crippen molar-refractivity contribution in [3.8, 4) is 89.7 Å². The third-order valence-corrected chi connectivity index (χ3v) is 31.1. The Labute approximate surface area is 816 Å². The first-order chi connectivity index (χ1) is 66.2. The molecule has 0 saturated heterocycles. The summed E-state index contributed by atoms with van der Waals surface area (Å²) >= 11 is 28.8. The summed E-state index contributed by atoms with van der Waals surface area (Å²) in [6.45, 7) is 12.3. The van der Waals surface area contributed by atoms with Gasteiger partial charge in [0.15, 0.2) is 69.2 Å². The van der Waals surface area contributed by atoms with Crippen LogP contribution < -0.4 is 10.6 Å². The molecule has 6 atom stereocenters. The highest BCUT2D eigenvalue weighted by molar-refractivity contribution is 7.13. The summed E-state index contributed by atoms with van der Waals surface area (Å²) in [5.41, 5.74) is 9.97. The van der Waals surface area contributed by atoms with E-state index in [1.807, 2.05) is 104 Å². The van der Waals surface area contributed by atoms with Gasteiger partial charge in [0.2, 0.25) is 0 Å². The summed E-state index contributed by atoms with van der Waals surface area (Å²) in [7, 11) is 2.03. The number of rotatable bonds is 24. The molecular formula is C99H93Cl4F2N25O4S3. The molecule has 0 spiro atoms. The molecule has 8 N–H and O–H groups in total. The minimum absolute atomic E-state index is 0.0740. The number of aromatic amines is 4. The largest absolute Gasteiger partial charge is 0.481 e. The average molecular weight is 1970 g/mol. The zero-order valence-electron chi connectivity index (χ0n) is 75.3. The summed E-state index contributed by atoms with van der Waals surface area (Å²) in [6, 6.07) is 34.9. The fourth-order valence-corrected chi connectivity index (χ4v) is 22.7. The molecule has 0 radical (unpaired) electrons. The number of halogens is 6. The van der Waals surface area contributed by atoms with Crippen molar-refractivity contribution in [2.24, 2.45) is 54.4 Å². The third kappa shape index (κ3) is 19.9. The number of thiophene rings is 2. The molecule has 18 aromatic rings. The third-order valence-electron chi connectivity index (χ3n) is 27.4. The van der Waals surface area contributed by atoms with Crippen LogP contribution in [0.25, 0.3) is 134 Å². The first-order valence-corrected chi connectivity index (χ1v) is 49.3. The van der Waals surface area contributed by atoms with Crippen molar-refractivity contribution in [1.82, 2.24) is 115 Å². The van der Waals surface area contributed by atoms with Crippen molar-refractivity contribution in [1.29, 1.82) is 0 Å². The summed E-state index contributed by atoms with van der Waals surface area (Å²) < 4.78 is 33.8. The summed E-state index contributed by atoms with van der Waals surface area (Å²) in [5.74, 6) is 4.22. The Hall–Kier alpha value is -13.0. The molecule has 38 heteroatoms. The molecule has 6 aliphatic rings. The van der Waals surface area contributed by atoms with Crippen LogP contribution in [0.1, 0.15) is 128 Å². The van der Waals surface area contributed by atoms with E-state index >= 15 is 8.78 Å². The van der Waals surface area contributed by atoms with Crippen LogP contribution in [0.5, 0.6) is 0 Å². The van der Waals surface area contributed by atoms with Gasteiger partial charge in [-0.1, -0.05) is 136 Å². The first-order valence-electron chi connectivity index (χ1n) is 45.1. The van der Waals surface area contributed by atoms with Crippen molar-refractivity contribution in [3.05, 3.63) is 235 Å². The quantitative estimate of drug-likeness (QED) is 0.0278. The van der Waals surface area contributed by atoms with Crippen LogP contribution in [0.15, 0.2) is 181 Å². The molecule has 6 aliphatic carbocycles. The first kappa shape index (κ1) is 93.1. The lowest BCUT2D eigenvalue weighted by Gasteiger charge is -2.47. The molecule has 6 fully saturated rings.